The average Bonchev–Trinajstić information content (AvgIpc) is 2.67. The minimum absolute atomic E-state index is 0.198. The Morgan fingerprint density at radius 1 is 0.944 bits per heavy atom. The van der Waals surface area contributed by atoms with E-state index >= 15 is 0 Å². The van der Waals surface area contributed by atoms with Crippen molar-refractivity contribution >= 4 is 21.5 Å². The summed E-state index contributed by atoms with van der Waals surface area (Å²) < 4.78 is 40.3. The molecule has 0 fully saturated rings. The third kappa shape index (κ3) is 1.51. The fraction of sp³-hybridized carbons (Fsp3) is 0.0769. The van der Waals surface area contributed by atoms with Crippen LogP contribution in [0.4, 0.5) is 13.2 Å². The number of rotatable bonds is 0. The molecule has 3 aromatic rings. The summed E-state index contributed by atoms with van der Waals surface area (Å²) in [7, 11) is 0. The second kappa shape index (κ2) is 3.41. The van der Waals surface area contributed by atoms with Gasteiger partial charge in [0.15, 0.2) is 0 Å². The zero-order valence-electron chi connectivity index (χ0n) is 9.20. The number of halogens is 3. The molecule has 1 aromatic heterocycles. The largest absolute Gasteiger partial charge is 0.417 e. The predicted molar refractivity (Wildman–Crippen MR) is 64.6 cm³/mol. The van der Waals surface area contributed by atoms with E-state index in [4.69, 9.17) is 5.84 Å². The Morgan fingerprint density at radius 2 is 1.61 bits per heavy atom. The summed E-state index contributed by atoms with van der Waals surface area (Å²) in [4.78, 5) is 0. The van der Waals surface area contributed by atoms with Gasteiger partial charge in [-0.15, -0.1) is 0 Å². The Hall–Kier alpha value is -2.17. The van der Waals surface area contributed by atoms with Gasteiger partial charge in [0.1, 0.15) is 0 Å². The topological polar surface area (TPSA) is 30.9 Å². The SMILES string of the molecule is Nn1cc2cc(C(F)(F)F)c3ccccc3c2c1. The lowest BCUT2D eigenvalue weighted by Crippen LogP contribution is -2.05. The van der Waals surface area contributed by atoms with Crippen molar-refractivity contribution in [3.05, 3.63) is 48.3 Å². The van der Waals surface area contributed by atoms with Gasteiger partial charge in [0.25, 0.3) is 0 Å². The Balaban J connectivity index is 2.54. The van der Waals surface area contributed by atoms with E-state index in [1.54, 1.807) is 24.4 Å². The molecule has 0 radical (unpaired) electrons. The summed E-state index contributed by atoms with van der Waals surface area (Å²) >= 11 is 0. The van der Waals surface area contributed by atoms with Crippen molar-refractivity contribution in [3.8, 4) is 0 Å². The number of fused-ring (bicyclic) bond motifs is 3. The lowest BCUT2D eigenvalue weighted by Gasteiger charge is -2.11. The highest BCUT2D eigenvalue weighted by Crippen LogP contribution is 2.38. The molecule has 5 heteroatoms. The maximum absolute atomic E-state index is 13.0. The van der Waals surface area contributed by atoms with Crippen LogP contribution in [0.5, 0.6) is 0 Å². The van der Waals surface area contributed by atoms with E-state index in [1.807, 2.05) is 0 Å². The van der Waals surface area contributed by atoms with Crippen molar-refractivity contribution in [1.29, 1.82) is 0 Å². The van der Waals surface area contributed by atoms with Gasteiger partial charge in [0.05, 0.1) is 5.56 Å². The summed E-state index contributed by atoms with van der Waals surface area (Å²) in [6.07, 6.45) is -1.26. The number of nitrogen functional groups attached to an aromatic ring is 1. The van der Waals surface area contributed by atoms with Crippen molar-refractivity contribution in [2.24, 2.45) is 0 Å². The molecule has 0 saturated heterocycles. The smallest absolute Gasteiger partial charge is 0.340 e. The van der Waals surface area contributed by atoms with E-state index in [2.05, 4.69) is 0 Å². The van der Waals surface area contributed by atoms with E-state index in [0.717, 1.165) is 11.5 Å². The number of benzene rings is 2. The number of alkyl halides is 3. The third-order valence-corrected chi connectivity index (χ3v) is 2.99. The quantitative estimate of drug-likeness (QED) is 0.608. The van der Waals surface area contributed by atoms with Crippen molar-refractivity contribution in [1.82, 2.24) is 4.68 Å². The van der Waals surface area contributed by atoms with Crippen LogP contribution in [0.3, 0.4) is 0 Å². The summed E-state index contributed by atoms with van der Waals surface area (Å²) in [5.41, 5.74) is -0.628. The molecule has 18 heavy (non-hydrogen) atoms. The molecule has 92 valence electrons. The zero-order chi connectivity index (χ0) is 12.9. The predicted octanol–water partition coefficient (Wildman–Crippen LogP) is 3.53. The third-order valence-electron chi connectivity index (χ3n) is 2.99. The molecule has 0 aliphatic heterocycles. The molecule has 0 spiro atoms. The van der Waals surface area contributed by atoms with Gasteiger partial charge in [-0.1, -0.05) is 24.3 Å². The standard InChI is InChI=1S/C13H9F3N2/c14-13(15,16)12-5-8-6-18(17)7-11(8)9-3-1-2-4-10(9)12/h1-7H,17H2. The Bertz CT molecular complexity index is 741. The van der Waals surface area contributed by atoms with Crippen LogP contribution in [0.1, 0.15) is 5.56 Å². The Kier molecular flexibility index (Phi) is 2.08. The molecule has 2 aromatic carbocycles. The van der Waals surface area contributed by atoms with Crippen LogP contribution in [0.2, 0.25) is 0 Å². The maximum atomic E-state index is 13.0. The Morgan fingerprint density at radius 3 is 2.28 bits per heavy atom. The van der Waals surface area contributed by atoms with Crippen LogP contribution in [0.25, 0.3) is 21.5 Å². The molecule has 2 N–H and O–H groups in total. The fourth-order valence-corrected chi connectivity index (χ4v) is 2.25. The van der Waals surface area contributed by atoms with Gasteiger partial charge < -0.3 is 5.84 Å². The molecule has 0 atom stereocenters. The Labute approximate surface area is 100 Å². The normalized spacial score (nSPS) is 12.4. The first-order valence-electron chi connectivity index (χ1n) is 5.32. The second-order valence-corrected chi connectivity index (χ2v) is 4.18. The molecule has 0 unspecified atom stereocenters. The first-order chi connectivity index (χ1) is 8.47. The summed E-state index contributed by atoms with van der Waals surface area (Å²) in [6.45, 7) is 0. The zero-order valence-corrected chi connectivity index (χ0v) is 9.20. The van der Waals surface area contributed by atoms with Crippen LogP contribution in [-0.2, 0) is 6.18 Å². The summed E-state index contributed by atoms with van der Waals surface area (Å²) in [6, 6.07) is 7.61. The van der Waals surface area contributed by atoms with Crippen LogP contribution in [-0.4, -0.2) is 4.68 Å². The van der Waals surface area contributed by atoms with Crippen molar-refractivity contribution < 1.29 is 13.2 Å². The fourth-order valence-electron chi connectivity index (χ4n) is 2.25. The van der Waals surface area contributed by atoms with Gasteiger partial charge in [0, 0.05) is 23.2 Å². The van der Waals surface area contributed by atoms with Crippen molar-refractivity contribution in [2.75, 3.05) is 5.84 Å². The van der Waals surface area contributed by atoms with E-state index in [-0.39, 0.29) is 5.39 Å². The molecule has 0 bridgehead atoms. The molecule has 0 aliphatic rings. The highest BCUT2D eigenvalue weighted by atomic mass is 19.4. The summed E-state index contributed by atoms with van der Waals surface area (Å²) in [5, 5.41) is 1.97. The number of hydrogen-bond acceptors (Lipinski definition) is 1. The van der Waals surface area contributed by atoms with E-state index in [1.165, 1.54) is 16.9 Å². The highest BCUT2D eigenvalue weighted by Gasteiger charge is 2.33. The molecule has 0 aliphatic carbocycles. The molecule has 1 heterocycles. The number of hydrogen-bond donors (Lipinski definition) is 1. The van der Waals surface area contributed by atoms with Gasteiger partial charge in [-0.25, -0.2) is 0 Å². The van der Waals surface area contributed by atoms with E-state index in [0.29, 0.717) is 10.8 Å². The van der Waals surface area contributed by atoms with Gasteiger partial charge in [-0.3, -0.25) is 4.68 Å². The number of nitrogens with zero attached hydrogens (tertiary/aromatic N) is 1. The second-order valence-electron chi connectivity index (χ2n) is 4.18. The lowest BCUT2D eigenvalue weighted by atomic mass is 10.00. The number of aromatic nitrogens is 1. The average molecular weight is 250 g/mol. The van der Waals surface area contributed by atoms with Crippen LogP contribution in [0, 0.1) is 0 Å². The molecular formula is C13H9F3N2. The maximum Gasteiger partial charge on any atom is 0.417 e. The first-order valence-corrected chi connectivity index (χ1v) is 5.32. The summed E-state index contributed by atoms with van der Waals surface area (Å²) in [5.74, 6) is 5.58. The van der Waals surface area contributed by atoms with Crippen LogP contribution >= 0.6 is 0 Å². The van der Waals surface area contributed by atoms with E-state index < -0.39 is 11.7 Å². The highest BCUT2D eigenvalue weighted by molar-refractivity contribution is 6.09. The first kappa shape index (κ1) is 11.0. The van der Waals surface area contributed by atoms with Gasteiger partial charge in [-0.05, 0) is 16.8 Å². The van der Waals surface area contributed by atoms with Crippen molar-refractivity contribution in [2.45, 2.75) is 6.18 Å². The molecule has 3 rings (SSSR count). The van der Waals surface area contributed by atoms with Gasteiger partial charge in [0.2, 0.25) is 0 Å². The minimum Gasteiger partial charge on any atom is -0.340 e. The number of nitrogens with two attached hydrogens (primary N) is 1. The van der Waals surface area contributed by atoms with Crippen molar-refractivity contribution in [3.63, 3.8) is 0 Å². The molecule has 0 amide bonds. The molecule has 0 saturated carbocycles. The van der Waals surface area contributed by atoms with Gasteiger partial charge >= 0.3 is 6.18 Å². The monoisotopic (exact) mass is 250 g/mol. The van der Waals surface area contributed by atoms with Crippen LogP contribution < -0.4 is 5.84 Å². The van der Waals surface area contributed by atoms with Crippen LogP contribution in [0.15, 0.2) is 42.7 Å². The van der Waals surface area contributed by atoms with E-state index in [9.17, 15) is 13.2 Å². The minimum atomic E-state index is -4.37. The lowest BCUT2D eigenvalue weighted by molar-refractivity contribution is -0.136. The molecule has 2 nitrogen and oxygen atoms in total. The molecular weight excluding hydrogens is 241 g/mol. The van der Waals surface area contributed by atoms with Gasteiger partial charge in [-0.2, -0.15) is 13.2 Å².